The molecule has 0 saturated carbocycles. The van der Waals surface area contributed by atoms with Gasteiger partial charge in [0.25, 0.3) is 5.09 Å². The number of hydrogen-bond donors (Lipinski definition) is 3. The quantitative estimate of drug-likeness (QED) is 0.301. The molecule has 0 atom stereocenters. The highest BCUT2D eigenvalue weighted by Gasteiger charge is 1.80. The maximum atomic E-state index is 8.36. The van der Waals surface area contributed by atoms with Crippen LogP contribution in [0.3, 0.4) is 0 Å². The van der Waals surface area contributed by atoms with E-state index in [0.717, 1.165) is 25.9 Å². The van der Waals surface area contributed by atoms with Gasteiger partial charge in [-0.3, -0.25) is 0 Å². The fourth-order valence-electron chi connectivity index (χ4n) is 0.465. The van der Waals surface area contributed by atoms with Gasteiger partial charge in [0.15, 0.2) is 0 Å². The predicted molar refractivity (Wildman–Crippen MR) is 40.7 cm³/mol. The van der Waals surface area contributed by atoms with Crippen LogP contribution < -0.4 is 11.5 Å². The summed E-state index contributed by atoms with van der Waals surface area (Å²) in [5.41, 5.74) is 10.5. The van der Waals surface area contributed by atoms with Gasteiger partial charge in [-0.15, -0.1) is 10.1 Å². The van der Waals surface area contributed by atoms with Gasteiger partial charge in [0.1, 0.15) is 0 Å². The number of unbranched alkanes of at least 4 members (excludes halogenated alkanes) is 2. The third kappa shape index (κ3) is 47.5. The van der Waals surface area contributed by atoms with Gasteiger partial charge in [0, 0.05) is 0 Å². The number of hydrogen-bond acceptors (Lipinski definition) is 4. The molecule has 0 heterocycles. The molecule has 0 aromatic heterocycles. The summed E-state index contributed by atoms with van der Waals surface area (Å²) in [5.74, 6) is 0. The molecule has 68 valence electrons. The van der Waals surface area contributed by atoms with Crippen LogP contribution in [0.1, 0.15) is 19.3 Å². The monoisotopic (exact) mass is 165 g/mol. The lowest BCUT2D eigenvalue weighted by molar-refractivity contribution is -0.742. The molecule has 0 fully saturated rings. The molecule has 0 aromatic carbocycles. The van der Waals surface area contributed by atoms with E-state index in [9.17, 15) is 0 Å². The molecule has 0 rings (SSSR count). The second-order valence-electron chi connectivity index (χ2n) is 1.88. The first-order chi connectivity index (χ1) is 5.15. The second-order valence-corrected chi connectivity index (χ2v) is 1.88. The molecule has 0 spiro atoms. The molecule has 0 aromatic rings. The van der Waals surface area contributed by atoms with Gasteiger partial charge in [0.05, 0.1) is 0 Å². The van der Waals surface area contributed by atoms with E-state index in [4.69, 9.17) is 26.8 Å². The molecule has 0 bridgehead atoms. The Labute approximate surface area is 65.3 Å². The van der Waals surface area contributed by atoms with E-state index < -0.39 is 5.09 Å². The van der Waals surface area contributed by atoms with Crippen molar-refractivity contribution in [1.29, 1.82) is 0 Å². The standard InChI is InChI=1S/C5H14N2.HNO3/c6-4-2-1-3-5-7;2-1(3)4/h1-7H2;(H,2,3,4). The van der Waals surface area contributed by atoms with Gasteiger partial charge >= 0.3 is 0 Å². The van der Waals surface area contributed by atoms with E-state index >= 15 is 0 Å². The summed E-state index contributed by atoms with van der Waals surface area (Å²) in [4.78, 5) is 8.36. The van der Waals surface area contributed by atoms with Crippen molar-refractivity contribution in [1.82, 2.24) is 0 Å². The van der Waals surface area contributed by atoms with Crippen molar-refractivity contribution in [2.45, 2.75) is 19.3 Å². The summed E-state index contributed by atoms with van der Waals surface area (Å²) < 4.78 is 0. The maximum Gasteiger partial charge on any atom is 0.291 e. The minimum Gasteiger partial charge on any atom is -0.330 e. The second kappa shape index (κ2) is 11.9. The van der Waals surface area contributed by atoms with Gasteiger partial charge in [-0.1, -0.05) is 6.42 Å². The van der Waals surface area contributed by atoms with E-state index in [2.05, 4.69) is 0 Å². The zero-order valence-electron chi connectivity index (χ0n) is 6.40. The highest BCUT2D eigenvalue weighted by atomic mass is 16.9. The van der Waals surface area contributed by atoms with Crippen LogP contribution >= 0.6 is 0 Å². The first kappa shape index (κ1) is 12.8. The number of nitrogens with two attached hydrogens (primary N) is 2. The zero-order valence-corrected chi connectivity index (χ0v) is 6.40. The van der Waals surface area contributed by atoms with Crippen LogP contribution in [0.4, 0.5) is 0 Å². The van der Waals surface area contributed by atoms with Crippen molar-refractivity contribution in [3.8, 4) is 0 Å². The van der Waals surface area contributed by atoms with Crippen LogP contribution in [-0.4, -0.2) is 23.4 Å². The summed E-state index contributed by atoms with van der Waals surface area (Å²) in [6.07, 6.45) is 3.43. The summed E-state index contributed by atoms with van der Waals surface area (Å²) in [6.45, 7) is 1.61. The van der Waals surface area contributed by atoms with Crippen molar-refractivity contribution in [3.05, 3.63) is 10.1 Å². The molecule has 0 unspecified atom stereocenters. The summed E-state index contributed by atoms with van der Waals surface area (Å²) >= 11 is 0. The smallest absolute Gasteiger partial charge is 0.291 e. The predicted octanol–water partition coefficient (Wildman–Crippen LogP) is -0.274. The molecule has 6 heteroatoms. The van der Waals surface area contributed by atoms with Crippen LogP contribution in [0.15, 0.2) is 0 Å². The van der Waals surface area contributed by atoms with Gasteiger partial charge in [-0.2, -0.15) is 0 Å². The SMILES string of the molecule is NCCCCCN.O=[N+]([O-])O. The normalized spacial score (nSPS) is 8.18. The molecule has 0 aliphatic rings. The number of nitrogens with zero attached hydrogens (tertiary/aromatic N) is 1. The molecule has 6 nitrogen and oxygen atoms in total. The fraction of sp³-hybridized carbons (Fsp3) is 1.00. The molecule has 0 amide bonds. The van der Waals surface area contributed by atoms with Gasteiger partial charge < -0.3 is 16.7 Å². The average Bonchev–Trinajstić information content (AvgIpc) is 1.88. The van der Waals surface area contributed by atoms with E-state index in [1.54, 1.807) is 0 Å². The van der Waals surface area contributed by atoms with Crippen LogP contribution in [0.2, 0.25) is 0 Å². The van der Waals surface area contributed by atoms with Crippen LogP contribution in [0.5, 0.6) is 0 Å². The average molecular weight is 165 g/mol. The number of rotatable bonds is 4. The molecular weight excluding hydrogens is 150 g/mol. The highest BCUT2D eigenvalue weighted by molar-refractivity contribution is 4.41. The Balaban J connectivity index is 0. The minimum atomic E-state index is -1.50. The van der Waals surface area contributed by atoms with Gasteiger partial charge in [-0.25, -0.2) is 0 Å². The van der Waals surface area contributed by atoms with Gasteiger partial charge in [0.2, 0.25) is 0 Å². The third-order valence-corrected chi connectivity index (χ3v) is 0.908. The Morgan fingerprint density at radius 2 is 1.45 bits per heavy atom. The summed E-state index contributed by atoms with van der Waals surface area (Å²) in [7, 11) is 0. The largest absolute Gasteiger partial charge is 0.330 e. The lowest BCUT2D eigenvalue weighted by Crippen LogP contribution is -2.02. The van der Waals surface area contributed by atoms with Crippen LogP contribution in [-0.2, 0) is 0 Å². The Kier molecular flexibility index (Phi) is 13.8. The molecule has 11 heavy (non-hydrogen) atoms. The van der Waals surface area contributed by atoms with E-state index in [0.29, 0.717) is 0 Å². The maximum absolute atomic E-state index is 8.36. The lowest BCUT2D eigenvalue weighted by atomic mass is 10.2. The minimum absolute atomic E-state index is 0.806. The highest BCUT2D eigenvalue weighted by Crippen LogP contribution is 1.88. The first-order valence-electron chi connectivity index (χ1n) is 3.38. The lowest BCUT2D eigenvalue weighted by Gasteiger charge is -1.91. The Morgan fingerprint density at radius 1 is 1.18 bits per heavy atom. The molecule has 0 saturated heterocycles. The molecule has 5 N–H and O–H groups in total. The van der Waals surface area contributed by atoms with Crippen molar-refractivity contribution < 1.29 is 10.3 Å². The molecular formula is C5H15N3O3. The Bertz CT molecular complexity index is 81.0. The topological polar surface area (TPSA) is 115 Å². The van der Waals surface area contributed by atoms with Crippen molar-refractivity contribution in [3.63, 3.8) is 0 Å². The van der Waals surface area contributed by atoms with Gasteiger partial charge in [-0.05, 0) is 25.9 Å². The van der Waals surface area contributed by atoms with Crippen LogP contribution in [0, 0.1) is 10.1 Å². The Morgan fingerprint density at radius 3 is 1.64 bits per heavy atom. The fourth-order valence-corrected chi connectivity index (χ4v) is 0.465. The van der Waals surface area contributed by atoms with Crippen LogP contribution in [0.25, 0.3) is 0 Å². The van der Waals surface area contributed by atoms with E-state index in [1.807, 2.05) is 0 Å². The molecule has 0 aliphatic carbocycles. The van der Waals surface area contributed by atoms with Crippen molar-refractivity contribution >= 4 is 0 Å². The summed E-state index contributed by atoms with van der Waals surface area (Å²) in [5, 5.41) is 13.6. The first-order valence-corrected chi connectivity index (χ1v) is 3.38. The molecule has 0 radical (unpaired) electrons. The third-order valence-electron chi connectivity index (χ3n) is 0.908. The van der Waals surface area contributed by atoms with E-state index in [-0.39, 0.29) is 0 Å². The van der Waals surface area contributed by atoms with Crippen molar-refractivity contribution in [2.75, 3.05) is 13.1 Å². The Hall–Kier alpha value is -0.880. The molecule has 0 aliphatic heterocycles. The van der Waals surface area contributed by atoms with Crippen molar-refractivity contribution in [2.24, 2.45) is 11.5 Å². The summed E-state index contributed by atoms with van der Waals surface area (Å²) in [6, 6.07) is 0. The zero-order chi connectivity index (χ0) is 9.11. The van der Waals surface area contributed by atoms with E-state index in [1.165, 1.54) is 6.42 Å².